The number of ketones is 1. The maximum Gasteiger partial charge on any atom is 0.170 e. The summed E-state index contributed by atoms with van der Waals surface area (Å²) in [5.74, 6) is 1.36. The lowest BCUT2D eigenvalue weighted by atomic mass is 10.1. The number of hydrogen-bond donors (Lipinski definition) is 1. The van der Waals surface area contributed by atoms with Crippen LogP contribution in [0.15, 0.2) is 61.2 Å². The van der Waals surface area contributed by atoms with Crippen LogP contribution >= 0.6 is 0 Å². The van der Waals surface area contributed by atoms with E-state index in [-0.39, 0.29) is 5.78 Å². The molecule has 0 atom stereocenters. The first-order valence-corrected chi connectivity index (χ1v) is 7.70. The number of pyridine rings is 1. The number of nitrogens with zero attached hydrogens (tertiary/aromatic N) is 5. The van der Waals surface area contributed by atoms with E-state index in [0.717, 1.165) is 11.1 Å². The van der Waals surface area contributed by atoms with Crippen LogP contribution in [0, 0.1) is 0 Å². The van der Waals surface area contributed by atoms with Crippen molar-refractivity contribution in [3.05, 3.63) is 66.7 Å². The minimum atomic E-state index is 0.0348. The van der Waals surface area contributed by atoms with Gasteiger partial charge < -0.3 is 5.32 Å². The van der Waals surface area contributed by atoms with Gasteiger partial charge in [0.25, 0.3) is 0 Å². The quantitative estimate of drug-likeness (QED) is 0.579. The van der Waals surface area contributed by atoms with Gasteiger partial charge in [0, 0.05) is 17.4 Å². The van der Waals surface area contributed by atoms with Gasteiger partial charge in [-0.2, -0.15) is 9.78 Å². The average Bonchev–Trinajstić information content (AvgIpc) is 3.08. The lowest BCUT2D eigenvalue weighted by molar-refractivity contribution is 0.101. The van der Waals surface area contributed by atoms with E-state index in [2.05, 4.69) is 25.4 Å². The van der Waals surface area contributed by atoms with Crippen LogP contribution in [-0.2, 0) is 0 Å². The molecule has 0 bridgehead atoms. The van der Waals surface area contributed by atoms with Gasteiger partial charge in [-0.25, -0.2) is 15.0 Å². The third-order valence-electron chi connectivity index (χ3n) is 3.79. The second-order valence-corrected chi connectivity index (χ2v) is 5.46. The Labute approximate surface area is 143 Å². The number of hydrogen-bond acceptors (Lipinski definition) is 6. The summed E-state index contributed by atoms with van der Waals surface area (Å²) < 4.78 is 1.67. The Morgan fingerprint density at radius 2 is 1.88 bits per heavy atom. The van der Waals surface area contributed by atoms with Crippen LogP contribution in [0.25, 0.3) is 16.9 Å². The predicted molar refractivity (Wildman–Crippen MR) is 94.2 cm³/mol. The van der Waals surface area contributed by atoms with Gasteiger partial charge in [0.1, 0.15) is 12.1 Å². The summed E-state index contributed by atoms with van der Waals surface area (Å²) in [6, 6.07) is 12.8. The molecule has 7 heteroatoms. The molecule has 0 saturated heterocycles. The fourth-order valence-electron chi connectivity index (χ4n) is 2.52. The van der Waals surface area contributed by atoms with E-state index in [4.69, 9.17) is 0 Å². The van der Waals surface area contributed by atoms with Crippen LogP contribution in [0.2, 0.25) is 0 Å². The molecule has 0 fully saturated rings. The van der Waals surface area contributed by atoms with E-state index in [1.165, 1.54) is 6.33 Å². The summed E-state index contributed by atoms with van der Waals surface area (Å²) >= 11 is 0. The normalized spacial score (nSPS) is 10.8. The molecule has 0 amide bonds. The van der Waals surface area contributed by atoms with Gasteiger partial charge >= 0.3 is 0 Å². The van der Waals surface area contributed by atoms with Crippen molar-refractivity contribution in [3.8, 4) is 5.82 Å². The van der Waals surface area contributed by atoms with Crippen LogP contribution in [-0.4, -0.2) is 30.5 Å². The number of aromatic nitrogens is 5. The standard InChI is InChI=1S/C18H14N6O/c1-12(25)13-5-7-14(8-6-13)23-17-15-10-22-24(18(15)21-11-20-17)16-4-2-3-9-19-16/h2-11H,1H3,(H,20,21,23). The van der Waals surface area contributed by atoms with Gasteiger partial charge in [-0.05, 0) is 43.3 Å². The van der Waals surface area contributed by atoms with Crippen LogP contribution in [0.5, 0.6) is 0 Å². The molecule has 0 saturated carbocycles. The molecule has 1 N–H and O–H groups in total. The minimum Gasteiger partial charge on any atom is -0.340 e. The second-order valence-electron chi connectivity index (χ2n) is 5.46. The summed E-state index contributed by atoms with van der Waals surface area (Å²) in [7, 11) is 0. The fourth-order valence-corrected chi connectivity index (χ4v) is 2.52. The molecule has 4 rings (SSSR count). The number of nitrogens with one attached hydrogen (secondary N) is 1. The maximum atomic E-state index is 11.4. The van der Waals surface area contributed by atoms with E-state index >= 15 is 0 Å². The van der Waals surface area contributed by atoms with Crippen LogP contribution < -0.4 is 5.32 Å². The van der Waals surface area contributed by atoms with E-state index in [9.17, 15) is 4.79 Å². The molecule has 0 aliphatic rings. The third kappa shape index (κ3) is 2.83. The Balaban J connectivity index is 1.71. The van der Waals surface area contributed by atoms with Crippen molar-refractivity contribution in [2.45, 2.75) is 6.92 Å². The monoisotopic (exact) mass is 330 g/mol. The Hall–Kier alpha value is -3.61. The van der Waals surface area contributed by atoms with Crippen LogP contribution in [0.1, 0.15) is 17.3 Å². The van der Waals surface area contributed by atoms with Crippen molar-refractivity contribution in [3.63, 3.8) is 0 Å². The zero-order valence-electron chi connectivity index (χ0n) is 13.4. The van der Waals surface area contributed by atoms with Gasteiger partial charge in [-0.3, -0.25) is 4.79 Å². The molecule has 3 aromatic heterocycles. The Morgan fingerprint density at radius 3 is 2.60 bits per heavy atom. The Morgan fingerprint density at radius 1 is 1.04 bits per heavy atom. The van der Waals surface area contributed by atoms with Crippen LogP contribution in [0.3, 0.4) is 0 Å². The average molecular weight is 330 g/mol. The van der Waals surface area contributed by atoms with Crippen molar-refractivity contribution < 1.29 is 4.79 Å². The highest BCUT2D eigenvalue weighted by atomic mass is 16.1. The number of anilines is 2. The number of carbonyl (C=O) groups is 1. The minimum absolute atomic E-state index is 0.0348. The summed E-state index contributed by atoms with van der Waals surface area (Å²) in [4.78, 5) is 24.3. The molecule has 4 aromatic rings. The van der Waals surface area contributed by atoms with Crippen molar-refractivity contribution in [1.82, 2.24) is 24.7 Å². The summed E-state index contributed by atoms with van der Waals surface area (Å²) in [5.41, 5.74) is 2.16. The smallest absolute Gasteiger partial charge is 0.170 e. The number of rotatable bonds is 4. The zero-order valence-corrected chi connectivity index (χ0v) is 13.4. The molecule has 25 heavy (non-hydrogen) atoms. The first-order chi connectivity index (χ1) is 12.2. The van der Waals surface area contributed by atoms with Gasteiger partial charge in [0.05, 0.1) is 11.6 Å². The van der Waals surface area contributed by atoms with Crippen molar-refractivity contribution in [1.29, 1.82) is 0 Å². The van der Waals surface area contributed by atoms with E-state index < -0.39 is 0 Å². The molecule has 0 radical (unpaired) electrons. The lowest BCUT2D eigenvalue weighted by Crippen LogP contribution is -2.01. The summed E-state index contributed by atoms with van der Waals surface area (Å²) in [5, 5.41) is 8.40. The van der Waals surface area contributed by atoms with Crippen LogP contribution in [0.4, 0.5) is 11.5 Å². The predicted octanol–water partition coefficient (Wildman–Crippen LogP) is 3.16. The molecule has 0 aliphatic carbocycles. The second kappa shape index (κ2) is 6.12. The van der Waals surface area contributed by atoms with Crippen molar-refractivity contribution in [2.75, 3.05) is 5.32 Å². The van der Waals surface area contributed by atoms with Crippen molar-refractivity contribution >= 4 is 28.3 Å². The molecule has 3 heterocycles. The van der Waals surface area contributed by atoms with Gasteiger partial charge in [-0.15, -0.1) is 0 Å². The van der Waals surface area contributed by atoms with Gasteiger partial charge in [-0.1, -0.05) is 6.07 Å². The zero-order chi connectivity index (χ0) is 17.2. The largest absolute Gasteiger partial charge is 0.340 e. The van der Waals surface area contributed by atoms with E-state index in [0.29, 0.717) is 22.8 Å². The number of Topliss-reactive ketones (excluding diaryl/α,β-unsaturated/α-hetero) is 1. The lowest BCUT2D eigenvalue weighted by Gasteiger charge is -2.07. The maximum absolute atomic E-state index is 11.4. The van der Waals surface area contributed by atoms with Gasteiger partial charge in [0.15, 0.2) is 17.2 Å². The SMILES string of the molecule is CC(=O)c1ccc(Nc2ncnc3c2cnn3-c2ccccn2)cc1. The number of benzene rings is 1. The van der Waals surface area contributed by atoms with E-state index in [1.807, 2.05) is 30.3 Å². The van der Waals surface area contributed by atoms with E-state index in [1.54, 1.807) is 36.1 Å². The summed E-state index contributed by atoms with van der Waals surface area (Å²) in [6.07, 6.45) is 4.89. The Bertz CT molecular complexity index is 1040. The Kier molecular flexibility index (Phi) is 3.66. The molecule has 1 aromatic carbocycles. The molecule has 0 unspecified atom stereocenters. The first-order valence-electron chi connectivity index (χ1n) is 7.70. The van der Waals surface area contributed by atoms with Gasteiger partial charge in [0.2, 0.25) is 0 Å². The highest BCUT2D eigenvalue weighted by Gasteiger charge is 2.12. The summed E-state index contributed by atoms with van der Waals surface area (Å²) in [6.45, 7) is 1.54. The molecule has 0 spiro atoms. The fraction of sp³-hybridized carbons (Fsp3) is 0.0556. The highest BCUT2D eigenvalue weighted by Crippen LogP contribution is 2.24. The number of carbonyl (C=O) groups excluding carboxylic acids is 1. The molecule has 0 aliphatic heterocycles. The molecular weight excluding hydrogens is 316 g/mol. The third-order valence-corrected chi connectivity index (χ3v) is 3.79. The number of fused-ring (bicyclic) bond motifs is 1. The molecular formula is C18H14N6O. The molecule has 122 valence electrons. The first kappa shape index (κ1) is 14.9. The van der Waals surface area contributed by atoms with Crippen molar-refractivity contribution in [2.24, 2.45) is 0 Å². The highest BCUT2D eigenvalue weighted by molar-refractivity contribution is 5.94. The molecule has 7 nitrogen and oxygen atoms in total. The topological polar surface area (TPSA) is 85.6 Å².